The molecule has 0 spiro atoms. The van der Waals surface area contributed by atoms with Crippen LogP contribution in [-0.2, 0) is 4.79 Å². The van der Waals surface area contributed by atoms with Crippen LogP contribution in [-0.4, -0.2) is 50.1 Å². The van der Waals surface area contributed by atoms with E-state index < -0.39 is 0 Å². The Bertz CT molecular complexity index is 531. The maximum atomic E-state index is 11.4. The van der Waals surface area contributed by atoms with Gasteiger partial charge in [0, 0.05) is 6.54 Å². The van der Waals surface area contributed by atoms with Crippen molar-refractivity contribution >= 4 is 17.7 Å². The largest absolute Gasteiger partial charge is 0.395 e. The van der Waals surface area contributed by atoms with Crippen LogP contribution in [0, 0.1) is 0 Å². The Labute approximate surface area is 114 Å². The lowest BCUT2D eigenvalue weighted by Gasteiger charge is -2.04. The number of para-hydroxylation sites is 1. The molecule has 0 fully saturated rings. The van der Waals surface area contributed by atoms with Crippen LogP contribution in [0.4, 0.5) is 0 Å². The lowest BCUT2D eigenvalue weighted by Crippen LogP contribution is -2.28. The van der Waals surface area contributed by atoms with Gasteiger partial charge in [0.2, 0.25) is 11.1 Å². The fourth-order valence-electron chi connectivity index (χ4n) is 1.38. The summed E-state index contributed by atoms with van der Waals surface area (Å²) < 4.78 is 1.57. The number of hydrogen-bond donors (Lipinski definition) is 2. The molecule has 1 aromatic heterocycles. The Hall–Kier alpha value is -1.93. The van der Waals surface area contributed by atoms with E-state index >= 15 is 0 Å². The van der Waals surface area contributed by atoms with Gasteiger partial charge in [0.15, 0.2) is 0 Å². The van der Waals surface area contributed by atoms with Crippen LogP contribution >= 0.6 is 11.8 Å². The molecule has 1 heterocycles. The van der Waals surface area contributed by atoms with Gasteiger partial charge in [-0.05, 0) is 22.6 Å². The molecule has 19 heavy (non-hydrogen) atoms. The molecule has 0 saturated carbocycles. The number of aromatic nitrogens is 4. The molecule has 1 amide bonds. The number of nitrogens with one attached hydrogen (secondary N) is 1. The Balaban J connectivity index is 1.99. The van der Waals surface area contributed by atoms with E-state index in [0.717, 1.165) is 5.69 Å². The molecule has 0 unspecified atom stereocenters. The van der Waals surface area contributed by atoms with Crippen LogP contribution in [0.1, 0.15) is 0 Å². The molecule has 0 atom stereocenters. The molecular formula is C11H13N5O2S. The Morgan fingerprint density at radius 2 is 2.16 bits per heavy atom. The molecule has 0 bridgehead atoms. The molecule has 2 N–H and O–H groups in total. The monoisotopic (exact) mass is 279 g/mol. The zero-order chi connectivity index (χ0) is 13.5. The minimum Gasteiger partial charge on any atom is -0.395 e. The van der Waals surface area contributed by atoms with Crippen molar-refractivity contribution in [3.05, 3.63) is 30.3 Å². The molecule has 0 saturated heterocycles. The van der Waals surface area contributed by atoms with Gasteiger partial charge in [0.25, 0.3) is 0 Å². The molecule has 0 aliphatic carbocycles. The highest BCUT2D eigenvalue weighted by molar-refractivity contribution is 7.99. The standard InChI is InChI=1S/C11H13N5O2S/c17-7-6-12-10(18)8-19-11-13-14-15-16(11)9-4-2-1-3-5-9/h1-5,17H,6-8H2,(H,12,18). The van der Waals surface area contributed by atoms with Crippen LogP contribution in [0.3, 0.4) is 0 Å². The zero-order valence-corrected chi connectivity index (χ0v) is 10.9. The van der Waals surface area contributed by atoms with E-state index in [-0.39, 0.29) is 24.8 Å². The van der Waals surface area contributed by atoms with Crippen LogP contribution in [0.5, 0.6) is 0 Å². The fourth-order valence-corrected chi connectivity index (χ4v) is 2.10. The number of thioether (sulfide) groups is 1. The zero-order valence-electron chi connectivity index (χ0n) is 10.1. The molecule has 7 nitrogen and oxygen atoms in total. The summed E-state index contributed by atoms with van der Waals surface area (Å²) in [5.41, 5.74) is 0.839. The Kier molecular flexibility index (Phi) is 4.87. The number of aliphatic hydroxyl groups is 1. The van der Waals surface area contributed by atoms with Gasteiger partial charge in [-0.15, -0.1) is 5.10 Å². The summed E-state index contributed by atoms with van der Waals surface area (Å²) in [6, 6.07) is 9.44. The van der Waals surface area contributed by atoms with Crippen molar-refractivity contribution in [2.45, 2.75) is 5.16 Å². The number of carbonyl (C=O) groups excluding carboxylic acids is 1. The predicted octanol–water partition coefficient (Wildman–Crippen LogP) is -0.137. The maximum absolute atomic E-state index is 11.4. The third-order valence-electron chi connectivity index (χ3n) is 2.21. The Morgan fingerprint density at radius 1 is 1.37 bits per heavy atom. The quantitative estimate of drug-likeness (QED) is 0.715. The molecule has 8 heteroatoms. The lowest BCUT2D eigenvalue weighted by atomic mass is 10.3. The van der Waals surface area contributed by atoms with Crippen LogP contribution in [0.15, 0.2) is 35.5 Å². The van der Waals surface area contributed by atoms with Gasteiger partial charge in [-0.25, -0.2) is 0 Å². The van der Waals surface area contributed by atoms with E-state index in [1.165, 1.54) is 11.8 Å². The number of amides is 1. The average Bonchev–Trinajstić information content (AvgIpc) is 2.92. The molecule has 0 radical (unpaired) electrons. The van der Waals surface area contributed by atoms with Gasteiger partial charge < -0.3 is 10.4 Å². The SMILES string of the molecule is O=C(CSc1nnnn1-c1ccccc1)NCCO. The van der Waals surface area contributed by atoms with Crippen molar-refractivity contribution in [2.75, 3.05) is 18.9 Å². The minimum absolute atomic E-state index is 0.0713. The third kappa shape index (κ3) is 3.76. The molecule has 0 aliphatic heterocycles. The number of benzene rings is 1. The van der Waals surface area contributed by atoms with Gasteiger partial charge in [0.05, 0.1) is 18.0 Å². The van der Waals surface area contributed by atoms with Crippen molar-refractivity contribution in [1.29, 1.82) is 0 Å². The first-order valence-corrected chi connectivity index (χ1v) is 6.64. The summed E-state index contributed by atoms with van der Waals surface area (Å²) in [5.74, 6) is 0.0365. The minimum atomic E-state index is -0.165. The first-order chi connectivity index (χ1) is 9.31. The highest BCUT2D eigenvalue weighted by atomic mass is 32.2. The molecular weight excluding hydrogens is 266 g/mol. The van der Waals surface area contributed by atoms with Crippen LogP contribution in [0.25, 0.3) is 5.69 Å². The van der Waals surface area contributed by atoms with Crippen molar-refractivity contribution in [2.24, 2.45) is 0 Å². The van der Waals surface area contributed by atoms with E-state index in [2.05, 4.69) is 20.8 Å². The molecule has 100 valence electrons. The Morgan fingerprint density at radius 3 is 2.89 bits per heavy atom. The highest BCUT2D eigenvalue weighted by Gasteiger charge is 2.10. The molecule has 0 aliphatic rings. The number of aliphatic hydroxyl groups excluding tert-OH is 1. The van der Waals surface area contributed by atoms with Crippen molar-refractivity contribution in [3.8, 4) is 5.69 Å². The van der Waals surface area contributed by atoms with Gasteiger partial charge in [-0.2, -0.15) is 4.68 Å². The van der Waals surface area contributed by atoms with Crippen molar-refractivity contribution in [3.63, 3.8) is 0 Å². The van der Waals surface area contributed by atoms with Crippen molar-refractivity contribution in [1.82, 2.24) is 25.5 Å². The summed E-state index contributed by atoms with van der Waals surface area (Å²) in [5, 5.41) is 23.1. The first kappa shape index (κ1) is 13.5. The molecule has 1 aromatic carbocycles. The number of nitrogens with zero attached hydrogens (tertiary/aromatic N) is 4. The van der Waals surface area contributed by atoms with Crippen molar-refractivity contribution < 1.29 is 9.90 Å². The summed E-state index contributed by atoms with van der Waals surface area (Å²) in [4.78, 5) is 11.4. The number of carbonyl (C=O) groups is 1. The topological polar surface area (TPSA) is 92.9 Å². The maximum Gasteiger partial charge on any atom is 0.230 e. The second-order valence-electron chi connectivity index (χ2n) is 3.57. The summed E-state index contributed by atoms with van der Waals surface area (Å²) in [7, 11) is 0. The first-order valence-electron chi connectivity index (χ1n) is 5.65. The van der Waals surface area contributed by atoms with E-state index in [4.69, 9.17) is 5.11 Å². The van der Waals surface area contributed by atoms with E-state index in [0.29, 0.717) is 5.16 Å². The summed E-state index contributed by atoms with van der Waals surface area (Å²) >= 11 is 1.24. The lowest BCUT2D eigenvalue weighted by molar-refractivity contribution is -0.118. The fraction of sp³-hybridized carbons (Fsp3) is 0.273. The number of rotatable bonds is 6. The van der Waals surface area contributed by atoms with Gasteiger partial charge in [-0.1, -0.05) is 30.0 Å². The van der Waals surface area contributed by atoms with E-state index in [9.17, 15) is 4.79 Å². The summed E-state index contributed by atoms with van der Waals surface area (Å²) in [6.45, 7) is 0.182. The normalized spacial score (nSPS) is 10.4. The number of hydrogen-bond acceptors (Lipinski definition) is 6. The predicted molar refractivity (Wildman–Crippen MR) is 70.0 cm³/mol. The van der Waals surface area contributed by atoms with Crippen LogP contribution in [0.2, 0.25) is 0 Å². The number of tetrazole rings is 1. The average molecular weight is 279 g/mol. The molecule has 2 rings (SSSR count). The van der Waals surface area contributed by atoms with Gasteiger partial charge in [0.1, 0.15) is 0 Å². The molecule has 2 aromatic rings. The third-order valence-corrected chi connectivity index (χ3v) is 3.13. The van der Waals surface area contributed by atoms with Gasteiger partial charge in [-0.3, -0.25) is 4.79 Å². The van der Waals surface area contributed by atoms with Crippen LogP contribution < -0.4 is 5.32 Å². The second-order valence-corrected chi connectivity index (χ2v) is 4.51. The summed E-state index contributed by atoms with van der Waals surface area (Å²) in [6.07, 6.45) is 0. The van der Waals surface area contributed by atoms with Gasteiger partial charge >= 0.3 is 0 Å². The van der Waals surface area contributed by atoms with E-state index in [1.807, 2.05) is 30.3 Å². The highest BCUT2D eigenvalue weighted by Crippen LogP contribution is 2.17. The smallest absolute Gasteiger partial charge is 0.230 e. The second kappa shape index (κ2) is 6.86. The van der Waals surface area contributed by atoms with E-state index in [1.54, 1.807) is 4.68 Å².